The molecule has 1 aliphatic rings. The SMILES string of the molecule is CC(N)c1cn(CC2OCCc3ccccc32)nn1. The van der Waals surface area contributed by atoms with E-state index >= 15 is 0 Å². The maximum atomic E-state index is 5.86. The molecule has 0 radical (unpaired) electrons. The Labute approximate surface area is 112 Å². The number of rotatable bonds is 3. The van der Waals surface area contributed by atoms with Gasteiger partial charge in [-0.15, -0.1) is 5.10 Å². The standard InChI is InChI=1S/C14H18N4O/c1-10(15)13-8-18(17-16-13)9-14-12-5-3-2-4-11(12)6-7-19-14/h2-5,8,10,14H,6-7,9,15H2,1H3. The lowest BCUT2D eigenvalue weighted by Gasteiger charge is -2.25. The van der Waals surface area contributed by atoms with Crippen molar-refractivity contribution in [3.05, 3.63) is 47.3 Å². The smallest absolute Gasteiger partial charge is 0.102 e. The molecule has 100 valence electrons. The molecule has 0 bridgehead atoms. The van der Waals surface area contributed by atoms with Gasteiger partial charge in [0, 0.05) is 6.04 Å². The molecule has 1 aliphatic heterocycles. The summed E-state index contributed by atoms with van der Waals surface area (Å²) in [6.07, 6.45) is 2.92. The van der Waals surface area contributed by atoms with Gasteiger partial charge in [0.1, 0.15) is 6.10 Å². The van der Waals surface area contributed by atoms with E-state index < -0.39 is 0 Å². The minimum atomic E-state index is -0.0895. The van der Waals surface area contributed by atoms with Crippen molar-refractivity contribution in [3.8, 4) is 0 Å². The Morgan fingerprint density at radius 2 is 2.32 bits per heavy atom. The van der Waals surface area contributed by atoms with E-state index in [0.717, 1.165) is 18.7 Å². The normalized spacial score (nSPS) is 20.0. The number of fused-ring (bicyclic) bond motifs is 1. The number of nitrogens with zero attached hydrogens (tertiary/aromatic N) is 3. The summed E-state index contributed by atoms with van der Waals surface area (Å²) < 4.78 is 7.67. The quantitative estimate of drug-likeness (QED) is 0.908. The van der Waals surface area contributed by atoms with E-state index in [-0.39, 0.29) is 12.1 Å². The molecule has 0 saturated heterocycles. The highest BCUT2D eigenvalue weighted by Crippen LogP contribution is 2.28. The molecule has 19 heavy (non-hydrogen) atoms. The Morgan fingerprint density at radius 1 is 1.47 bits per heavy atom. The molecule has 0 saturated carbocycles. The largest absolute Gasteiger partial charge is 0.371 e. The zero-order valence-electron chi connectivity index (χ0n) is 11.0. The first-order chi connectivity index (χ1) is 9.24. The molecule has 0 spiro atoms. The summed E-state index contributed by atoms with van der Waals surface area (Å²) >= 11 is 0. The van der Waals surface area contributed by atoms with E-state index in [1.807, 2.05) is 17.8 Å². The predicted molar refractivity (Wildman–Crippen MR) is 71.5 cm³/mol. The van der Waals surface area contributed by atoms with Crippen molar-refractivity contribution in [2.75, 3.05) is 6.61 Å². The number of hydrogen-bond donors (Lipinski definition) is 1. The summed E-state index contributed by atoms with van der Waals surface area (Å²) in [4.78, 5) is 0. The highest BCUT2D eigenvalue weighted by atomic mass is 16.5. The van der Waals surface area contributed by atoms with Gasteiger partial charge in [-0.05, 0) is 24.5 Å². The van der Waals surface area contributed by atoms with Crippen LogP contribution in [0.5, 0.6) is 0 Å². The molecular weight excluding hydrogens is 240 g/mol. The Bertz CT molecular complexity index is 564. The number of ether oxygens (including phenoxy) is 1. The van der Waals surface area contributed by atoms with Crippen LogP contribution in [0.15, 0.2) is 30.5 Å². The lowest BCUT2D eigenvalue weighted by atomic mass is 9.98. The van der Waals surface area contributed by atoms with Crippen LogP contribution >= 0.6 is 0 Å². The Hall–Kier alpha value is -1.72. The average Bonchev–Trinajstić information content (AvgIpc) is 2.88. The molecule has 1 aromatic heterocycles. The van der Waals surface area contributed by atoms with Gasteiger partial charge in [0.15, 0.2) is 0 Å². The lowest BCUT2D eigenvalue weighted by Crippen LogP contribution is -2.20. The van der Waals surface area contributed by atoms with Gasteiger partial charge >= 0.3 is 0 Å². The first-order valence-electron chi connectivity index (χ1n) is 6.59. The first kappa shape index (κ1) is 12.3. The van der Waals surface area contributed by atoms with Gasteiger partial charge in [0.05, 0.1) is 25.0 Å². The predicted octanol–water partition coefficient (Wildman–Crippen LogP) is 1.61. The molecule has 1 aromatic carbocycles. The summed E-state index contributed by atoms with van der Waals surface area (Å²) in [7, 11) is 0. The van der Waals surface area contributed by atoms with Crippen molar-refractivity contribution in [2.45, 2.75) is 32.0 Å². The Balaban J connectivity index is 1.80. The number of nitrogens with two attached hydrogens (primary N) is 1. The van der Waals surface area contributed by atoms with E-state index in [1.54, 1.807) is 0 Å². The topological polar surface area (TPSA) is 66.0 Å². The van der Waals surface area contributed by atoms with Crippen molar-refractivity contribution < 1.29 is 4.74 Å². The number of aromatic nitrogens is 3. The highest BCUT2D eigenvalue weighted by Gasteiger charge is 2.21. The summed E-state index contributed by atoms with van der Waals surface area (Å²) in [5, 5.41) is 8.18. The van der Waals surface area contributed by atoms with Gasteiger partial charge < -0.3 is 10.5 Å². The lowest BCUT2D eigenvalue weighted by molar-refractivity contribution is 0.0279. The number of benzene rings is 1. The van der Waals surface area contributed by atoms with E-state index in [2.05, 4.69) is 34.6 Å². The van der Waals surface area contributed by atoms with Crippen LogP contribution in [0.25, 0.3) is 0 Å². The Kier molecular flexibility index (Phi) is 3.31. The van der Waals surface area contributed by atoms with Gasteiger partial charge in [-0.1, -0.05) is 29.5 Å². The second-order valence-electron chi connectivity index (χ2n) is 4.96. The summed E-state index contributed by atoms with van der Waals surface area (Å²) in [5.74, 6) is 0. The maximum Gasteiger partial charge on any atom is 0.102 e. The van der Waals surface area contributed by atoms with Gasteiger partial charge in [-0.3, -0.25) is 0 Å². The van der Waals surface area contributed by atoms with E-state index in [1.165, 1.54) is 11.1 Å². The van der Waals surface area contributed by atoms with Crippen LogP contribution in [-0.4, -0.2) is 21.6 Å². The highest BCUT2D eigenvalue weighted by molar-refractivity contribution is 5.30. The third-order valence-electron chi connectivity index (χ3n) is 3.47. The van der Waals surface area contributed by atoms with Crippen LogP contribution in [0.1, 0.15) is 35.9 Å². The van der Waals surface area contributed by atoms with Crippen LogP contribution in [0.2, 0.25) is 0 Å². The van der Waals surface area contributed by atoms with Crippen LogP contribution in [-0.2, 0) is 17.7 Å². The third kappa shape index (κ3) is 2.52. The van der Waals surface area contributed by atoms with Gasteiger partial charge in [0.2, 0.25) is 0 Å². The van der Waals surface area contributed by atoms with Crippen molar-refractivity contribution in [3.63, 3.8) is 0 Å². The van der Waals surface area contributed by atoms with Gasteiger partial charge in [0.25, 0.3) is 0 Å². The average molecular weight is 258 g/mol. The molecule has 0 fully saturated rings. The fourth-order valence-electron chi connectivity index (χ4n) is 2.41. The fraction of sp³-hybridized carbons (Fsp3) is 0.429. The number of hydrogen-bond acceptors (Lipinski definition) is 4. The molecule has 2 unspecified atom stereocenters. The molecular formula is C14H18N4O. The molecule has 2 aromatic rings. The summed E-state index contributed by atoms with van der Waals surface area (Å²) in [5.41, 5.74) is 9.22. The first-order valence-corrected chi connectivity index (χ1v) is 6.59. The van der Waals surface area contributed by atoms with Crippen molar-refractivity contribution >= 4 is 0 Å². The van der Waals surface area contributed by atoms with E-state index in [0.29, 0.717) is 6.54 Å². The third-order valence-corrected chi connectivity index (χ3v) is 3.47. The second-order valence-corrected chi connectivity index (χ2v) is 4.96. The van der Waals surface area contributed by atoms with Gasteiger partial charge in [-0.25, -0.2) is 4.68 Å². The monoisotopic (exact) mass is 258 g/mol. The summed E-state index contributed by atoms with van der Waals surface area (Å²) in [6.45, 7) is 3.34. The zero-order valence-corrected chi connectivity index (χ0v) is 11.0. The molecule has 2 heterocycles. The van der Waals surface area contributed by atoms with Crippen molar-refractivity contribution in [1.29, 1.82) is 0 Å². The molecule has 2 N–H and O–H groups in total. The van der Waals surface area contributed by atoms with E-state index in [9.17, 15) is 0 Å². The maximum absolute atomic E-state index is 5.86. The molecule has 3 rings (SSSR count). The van der Waals surface area contributed by atoms with Crippen LogP contribution < -0.4 is 5.73 Å². The van der Waals surface area contributed by atoms with Crippen molar-refractivity contribution in [2.24, 2.45) is 5.73 Å². The minimum absolute atomic E-state index is 0.0487. The zero-order chi connectivity index (χ0) is 13.2. The molecule has 5 nitrogen and oxygen atoms in total. The molecule has 2 atom stereocenters. The second kappa shape index (κ2) is 5.11. The Morgan fingerprint density at radius 3 is 3.11 bits per heavy atom. The van der Waals surface area contributed by atoms with Gasteiger partial charge in [-0.2, -0.15) is 0 Å². The van der Waals surface area contributed by atoms with E-state index in [4.69, 9.17) is 10.5 Å². The van der Waals surface area contributed by atoms with Crippen molar-refractivity contribution in [1.82, 2.24) is 15.0 Å². The van der Waals surface area contributed by atoms with Crippen LogP contribution in [0.4, 0.5) is 0 Å². The molecule has 0 amide bonds. The minimum Gasteiger partial charge on any atom is -0.371 e. The molecule has 5 heteroatoms. The fourth-order valence-corrected chi connectivity index (χ4v) is 2.41. The molecule has 0 aliphatic carbocycles. The summed E-state index contributed by atoms with van der Waals surface area (Å²) in [6, 6.07) is 8.33. The van der Waals surface area contributed by atoms with Crippen LogP contribution in [0.3, 0.4) is 0 Å². The van der Waals surface area contributed by atoms with Crippen LogP contribution in [0, 0.1) is 0 Å².